The topological polar surface area (TPSA) is 79.0 Å². The number of hydrogen-bond acceptors (Lipinski definition) is 5. The first-order valence-corrected chi connectivity index (χ1v) is 17.7. The fourth-order valence-electron chi connectivity index (χ4n) is 7.54. The van der Waals surface area contributed by atoms with Crippen molar-refractivity contribution < 1.29 is 19.1 Å². The lowest BCUT2D eigenvalue weighted by Gasteiger charge is -2.44. The number of hydrogen-bond donors (Lipinski definition) is 1. The maximum atomic E-state index is 14.4. The molecule has 9 heteroatoms. The lowest BCUT2D eigenvalue weighted by Crippen LogP contribution is -2.54. The van der Waals surface area contributed by atoms with Gasteiger partial charge in [-0.05, 0) is 71.5 Å². The van der Waals surface area contributed by atoms with Crippen molar-refractivity contribution in [2.24, 2.45) is 0 Å². The molecule has 0 aliphatic carbocycles. The number of halogens is 2. The highest BCUT2D eigenvalue weighted by molar-refractivity contribution is 6.39. The number of benzene rings is 5. The van der Waals surface area contributed by atoms with Crippen molar-refractivity contribution in [3.8, 4) is 5.75 Å². The standard InChI is InChI=1S/C42H33Cl2N3O4/c43-30-16-15-29(37(44)22-30)25-51-38-14-8-7-13-28(38)21-36-40(48)45-42(50)47(41(36)49)31-23-34-32(26-9-3-1-4-10-26)17-19-46-20-18-33(35(24-31)39(34)46)27-11-5-2-6-12-27/h1-16,21-24,32-33H,17-20,25H2,(H,45,48,50)/b36-21+/t32-,33-/m0/s1. The van der Waals surface area contributed by atoms with Gasteiger partial charge in [-0.2, -0.15) is 0 Å². The number of barbiturate groups is 1. The van der Waals surface area contributed by atoms with Gasteiger partial charge in [-0.1, -0.05) is 108 Å². The van der Waals surface area contributed by atoms with E-state index in [0.29, 0.717) is 27.0 Å². The minimum atomic E-state index is -0.785. The van der Waals surface area contributed by atoms with Crippen molar-refractivity contribution in [1.82, 2.24) is 5.32 Å². The van der Waals surface area contributed by atoms with E-state index in [4.69, 9.17) is 27.9 Å². The van der Waals surface area contributed by atoms with Crippen LogP contribution in [0.2, 0.25) is 10.0 Å². The quantitative estimate of drug-likeness (QED) is 0.134. The van der Waals surface area contributed by atoms with Gasteiger partial charge >= 0.3 is 6.03 Å². The van der Waals surface area contributed by atoms with Crippen molar-refractivity contribution in [3.05, 3.63) is 164 Å². The molecule has 5 aromatic carbocycles. The molecule has 5 aromatic rings. The Balaban J connectivity index is 1.20. The van der Waals surface area contributed by atoms with E-state index in [1.807, 2.05) is 48.5 Å². The minimum Gasteiger partial charge on any atom is -0.488 e. The number of nitrogens with zero attached hydrogens (tertiary/aromatic N) is 2. The summed E-state index contributed by atoms with van der Waals surface area (Å²) >= 11 is 12.4. The van der Waals surface area contributed by atoms with Crippen LogP contribution in [0.3, 0.4) is 0 Å². The first kappa shape index (κ1) is 32.8. The lowest BCUT2D eigenvalue weighted by molar-refractivity contribution is -0.122. The van der Waals surface area contributed by atoms with Crippen LogP contribution in [0.1, 0.15) is 58.1 Å². The molecule has 1 fully saturated rings. The highest BCUT2D eigenvalue weighted by Crippen LogP contribution is 2.50. The van der Waals surface area contributed by atoms with E-state index in [-0.39, 0.29) is 24.0 Å². The Morgan fingerprint density at radius 1 is 0.745 bits per heavy atom. The molecule has 7 nitrogen and oxygen atoms in total. The van der Waals surface area contributed by atoms with Gasteiger partial charge < -0.3 is 9.64 Å². The zero-order chi connectivity index (χ0) is 35.1. The first-order valence-electron chi connectivity index (χ1n) is 17.0. The molecular weight excluding hydrogens is 681 g/mol. The molecule has 51 heavy (non-hydrogen) atoms. The summed E-state index contributed by atoms with van der Waals surface area (Å²) < 4.78 is 6.10. The monoisotopic (exact) mass is 713 g/mol. The summed E-state index contributed by atoms with van der Waals surface area (Å²) in [6, 6.07) is 36.1. The minimum absolute atomic E-state index is 0.0726. The normalized spacial score (nSPS) is 19.2. The Hall–Kier alpha value is -5.37. The van der Waals surface area contributed by atoms with Crippen molar-refractivity contribution in [3.63, 3.8) is 0 Å². The van der Waals surface area contributed by atoms with E-state index in [0.717, 1.165) is 47.5 Å². The van der Waals surface area contributed by atoms with E-state index >= 15 is 0 Å². The van der Waals surface area contributed by atoms with Crippen LogP contribution in [-0.2, 0) is 16.2 Å². The predicted molar refractivity (Wildman–Crippen MR) is 201 cm³/mol. The van der Waals surface area contributed by atoms with E-state index < -0.39 is 17.8 Å². The van der Waals surface area contributed by atoms with Gasteiger partial charge in [-0.3, -0.25) is 14.9 Å². The Morgan fingerprint density at radius 2 is 1.35 bits per heavy atom. The number of amides is 4. The predicted octanol–water partition coefficient (Wildman–Crippen LogP) is 9.12. The molecule has 3 heterocycles. The summed E-state index contributed by atoms with van der Waals surface area (Å²) in [6.07, 6.45) is 3.27. The Labute approximate surface area is 306 Å². The summed E-state index contributed by atoms with van der Waals surface area (Å²) in [5.74, 6) is -0.893. The number of carbonyl (C=O) groups is 3. The number of para-hydroxylation sites is 1. The maximum absolute atomic E-state index is 14.4. The number of imide groups is 2. The molecular formula is C42H33Cl2N3O4. The number of rotatable bonds is 7. The van der Waals surface area contributed by atoms with Crippen LogP contribution in [0.25, 0.3) is 6.08 Å². The van der Waals surface area contributed by atoms with Gasteiger partial charge in [0.05, 0.1) is 5.69 Å². The summed E-state index contributed by atoms with van der Waals surface area (Å²) in [5, 5.41) is 3.40. The molecule has 0 saturated carbocycles. The fraction of sp³-hybridized carbons (Fsp3) is 0.167. The molecule has 1 N–H and O–H groups in total. The molecule has 0 spiro atoms. The summed E-state index contributed by atoms with van der Waals surface area (Å²) in [5.41, 5.74) is 7.15. The van der Waals surface area contributed by atoms with Gasteiger partial charge in [0.15, 0.2) is 0 Å². The van der Waals surface area contributed by atoms with Gasteiger partial charge in [0.2, 0.25) is 0 Å². The Bertz CT molecular complexity index is 2130. The number of urea groups is 1. The van der Waals surface area contributed by atoms with Crippen LogP contribution < -0.4 is 19.9 Å². The van der Waals surface area contributed by atoms with E-state index in [9.17, 15) is 14.4 Å². The average molecular weight is 715 g/mol. The molecule has 4 amide bonds. The van der Waals surface area contributed by atoms with Crippen molar-refractivity contribution in [1.29, 1.82) is 0 Å². The van der Waals surface area contributed by atoms with Gasteiger partial charge in [-0.15, -0.1) is 0 Å². The molecule has 254 valence electrons. The molecule has 0 radical (unpaired) electrons. The third-order valence-electron chi connectivity index (χ3n) is 9.98. The molecule has 0 aromatic heterocycles. The van der Waals surface area contributed by atoms with Gasteiger partial charge in [0, 0.05) is 51.8 Å². The molecule has 2 atom stereocenters. The number of anilines is 2. The number of ether oxygens (including phenoxy) is 1. The Morgan fingerprint density at radius 3 is 1.98 bits per heavy atom. The third kappa shape index (κ3) is 6.28. The number of nitrogens with one attached hydrogen (secondary N) is 1. The maximum Gasteiger partial charge on any atom is 0.335 e. The van der Waals surface area contributed by atoms with Gasteiger partial charge in [-0.25, -0.2) is 9.69 Å². The van der Waals surface area contributed by atoms with Gasteiger partial charge in [0.25, 0.3) is 11.8 Å². The van der Waals surface area contributed by atoms with Crippen LogP contribution in [0, 0.1) is 0 Å². The zero-order valence-corrected chi connectivity index (χ0v) is 29.0. The van der Waals surface area contributed by atoms with E-state index in [1.54, 1.807) is 42.5 Å². The van der Waals surface area contributed by atoms with Crippen LogP contribution in [0.15, 0.2) is 121 Å². The second kappa shape index (κ2) is 13.7. The van der Waals surface area contributed by atoms with Crippen LogP contribution in [0.4, 0.5) is 16.2 Å². The SMILES string of the molecule is O=C1NC(=O)N(c2cc3c4c(c2)[C@H](c2ccccc2)CCN4CC[C@H]3c2ccccc2)C(=O)/C1=C/c1ccccc1OCc1ccc(Cl)cc1Cl. The number of carbonyl (C=O) groups excluding carboxylic acids is 3. The summed E-state index contributed by atoms with van der Waals surface area (Å²) in [4.78, 5) is 44.9. The first-order chi connectivity index (χ1) is 24.9. The zero-order valence-electron chi connectivity index (χ0n) is 27.5. The summed E-state index contributed by atoms with van der Waals surface area (Å²) in [7, 11) is 0. The lowest BCUT2D eigenvalue weighted by atomic mass is 9.76. The molecule has 0 bridgehead atoms. The van der Waals surface area contributed by atoms with Crippen LogP contribution in [-0.4, -0.2) is 30.9 Å². The van der Waals surface area contributed by atoms with Gasteiger partial charge in [0.1, 0.15) is 17.9 Å². The third-order valence-corrected chi connectivity index (χ3v) is 10.6. The van der Waals surface area contributed by atoms with Crippen molar-refractivity contribution in [2.75, 3.05) is 22.9 Å². The van der Waals surface area contributed by atoms with Crippen molar-refractivity contribution >= 4 is 58.5 Å². The highest BCUT2D eigenvalue weighted by Gasteiger charge is 2.40. The van der Waals surface area contributed by atoms with Crippen LogP contribution in [0.5, 0.6) is 5.75 Å². The average Bonchev–Trinajstić information content (AvgIpc) is 3.14. The molecule has 3 aliphatic rings. The molecule has 0 unspecified atom stereocenters. The van der Waals surface area contributed by atoms with Crippen LogP contribution >= 0.6 is 23.2 Å². The fourth-order valence-corrected chi connectivity index (χ4v) is 8.00. The summed E-state index contributed by atoms with van der Waals surface area (Å²) in [6.45, 7) is 1.97. The second-order valence-electron chi connectivity index (χ2n) is 13.0. The van der Waals surface area contributed by atoms with E-state index in [2.05, 4.69) is 34.5 Å². The highest BCUT2D eigenvalue weighted by atomic mass is 35.5. The second-order valence-corrected chi connectivity index (χ2v) is 13.8. The largest absolute Gasteiger partial charge is 0.488 e. The Kier molecular flexibility index (Phi) is 8.84. The molecule has 3 aliphatic heterocycles. The molecule has 8 rings (SSSR count). The van der Waals surface area contributed by atoms with Crippen molar-refractivity contribution in [2.45, 2.75) is 31.3 Å². The smallest absolute Gasteiger partial charge is 0.335 e. The van der Waals surface area contributed by atoms with E-state index in [1.165, 1.54) is 22.9 Å². The molecule has 1 saturated heterocycles.